The molecule has 0 bridgehead atoms. The first-order valence-electron chi connectivity index (χ1n) is 5.45. The number of pyridine rings is 1. The van der Waals surface area contributed by atoms with Gasteiger partial charge in [0.25, 0.3) is 0 Å². The van der Waals surface area contributed by atoms with Gasteiger partial charge in [-0.15, -0.1) is 11.6 Å². The maximum Gasteiger partial charge on any atom is 0.148 e. The molecule has 0 radical (unpaired) electrons. The highest BCUT2D eigenvalue weighted by Crippen LogP contribution is 2.27. The predicted molar refractivity (Wildman–Crippen MR) is 69.8 cm³/mol. The summed E-state index contributed by atoms with van der Waals surface area (Å²) >= 11 is 5.82. The summed E-state index contributed by atoms with van der Waals surface area (Å²) in [5.74, 6) is 2.10. The van der Waals surface area contributed by atoms with Gasteiger partial charge in [0.2, 0.25) is 0 Å². The van der Waals surface area contributed by atoms with Gasteiger partial charge in [0.15, 0.2) is 0 Å². The van der Waals surface area contributed by atoms with E-state index in [1.807, 2.05) is 44.2 Å². The average Bonchev–Trinajstić information content (AvgIpc) is 2.35. The first-order valence-corrected chi connectivity index (χ1v) is 5.99. The fourth-order valence-electron chi connectivity index (χ4n) is 1.53. The number of rotatable bonds is 3. The lowest BCUT2D eigenvalue weighted by Crippen LogP contribution is -1.92. The van der Waals surface area contributed by atoms with Crippen LogP contribution < -0.4 is 4.74 Å². The minimum absolute atomic E-state index is 0.489. The quantitative estimate of drug-likeness (QED) is 0.758. The summed E-state index contributed by atoms with van der Waals surface area (Å²) in [4.78, 5) is 4.20. The molecule has 0 atom stereocenters. The molecule has 1 aromatic carbocycles. The van der Waals surface area contributed by atoms with E-state index in [2.05, 4.69) is 4.98 Å². The molecule has 1 heterocycles. The van der Waals surface area contributed by atoms with Gasteiger partial charge in [0, 0.05) is 12.1 Å². The highest BCUT2D eigenvalue weighted by molar-refractivity contribution is 6.17. The van der Waals surface area contributed by atoms with Crippen molar-refractivity contribution in [3.8, 4) is 11.5 Å². The number of aryl methyl sites for hydroxylation is 2. The van der Waals surface area contributed by atoms with Gasteiger partial charge in [-0.05, 0) is 43.2 Å². The van der Waals surface area contributed by atoms with Crippen LogP contribution in [0.25, 0.3) is 0 Å². The molecule has 0 saturated carbocycles. The standard InChI is InChI=1S/C14H14ClNO/c1-10-5-6-12(9-15)8-14(10)17-13-4-3-7-16-11(13)2/h3-8H,9H2,1-2H3. The van der Waals surface area contributed by atoms with Crippen LogP contribution >= 0.6 is 11.6 Å². The minimum atomic E-state index is 0.489. The third-order valence-corrected chi connectivity index (χ3v) is 2.89. The number of benzene rings is 1. The Morgan fingerprint density at radius 3 is 2.71 bits per heavy atom. The number of aromatic nitrogens is 1. The minimum Gasteiger partial charge on any atom is -0.455 e. The average molecular weight is 248 g/mol. The molecule has 0 aliphatic heterocycles. The van der Waals surface area contributed by atoms with Crippen molar-refractivity contribution in [2.45, 2.75) is 19.7 Å². The molecular weight excluding hydrogens is 234 g/mol. The molecule has 2 nitrogen and oxygen atoms in total. The summed E-state index contributed by atoms with van der Waals surface area (Å²) in [5.41, 5.74) is 3.01. The Hall–Kier alpha value is -1.54. The van der Waals surface area contributed by atoms with Crippen LogP contribution in [0.1, 0.15) is 16.8 Å². The molecule has 0 fully saturated rings. The maximum absolute atomic E-state index is 5.86. The van der Waals surface area contributed by atoms with E-state index in [0.29, 0.717) is 5.88 Å². The Morgan fingerprint density at radius 2 is 2.00 bits per heavy atom. The highest BCUT2D eigenvalue weighted by Gasteiger charge is 2.05. The summed E-state index contributed by atoms with van der Waals surface area (Å²) in [6, 6.07) is 9.76. The van der Waals surface area contributed by atoms with Crippen LogP contribution in [0.5, 0.6) is 11.5 Å². The van der Waals surface area contributed by atoms with Crippen molar-refractivity contribution >= 4 is 11.6 Å². The first kappa shape index (κ1) is 11.9. The van der Waals surface area contributed by atoms with Crippen molar-refractivity contribution in [1.29, 1.82) is 0 Å². The van der Waals surface area contributed by atoms with Crippen LogP contribution in [0.3, 0.4) is 0 Å². The molecule has 3 heteroatoms. The molecule has 0 aliphatic rings. The van der Waals surface area contributed by atoms with Gasteiger partial charge < -0.3 is 4.74 Å². The SMILES string of the molecule is Cc1ccc(CCl)cc1Oc1cccnc1C. The molecule has 0 N–H and O–H groups in total. The Labute approximate surface area is 106 Å². The molecule has 0 unspecified atom stereocenters. The Morgan fingerprint density at radius 1 is 1.18 bits per heavy atom. The van der Waals surface area contributed by atoms with Gasteiger partial charge in [-0.2, -0.15) is 0 Å². The fraction of sp³-hybridized carbons (Fsp3) is 0.214. The van der Waals surface area contributed by atoms with Gasteiger partial charge in [-0.1, -0.05) is 12.1 Å². The van der Waals surface area contributed by atoms with Crippen LogP contribution in [0.15, 0.2) is 36.5 Å². The zero-order valence-corrected chi connectivity index (χ0v) is 10.7. The monoisotopic (exact) mass is 247 g/mol. The molecule has 1 aromatic heterocycles. The second-order valence-electron chi connectivity index (χ2n) is 3.92. The second kappa shape index (κ2) is 5.19. The topological polar surface area (TPSA) is 22.1 Å². The Balaban J connectivity index is 2.32. The van der Waals surface area contributed by atoms with Crippen molar-refractivity contribution in [1.82, 2.24) is 4.98 Å². The lowest BCUT2D eigenvalue weighted by molar-refractivity contribution is 0.471. The van der Waals surface area contributed by atoms with Crippen molar-refractivity contribution in [3.63, 3.8) is 0 Å². The van der Waals surface area contributed by atoms with Crippen LogP contribution in [-0.2, 0) is 5.88 Å². The van der Waals surface area contributed by atoms with E-state index >= 15 is 0 Å². The van der Waals surface area contributed by atoms with E-state index in [1.54, 1.807) is 6.20 Å². The van der Waals surface area contributed by atoms with Gasteiger partial charge >= 0.3 is 0 Å². The zero-order chi connectivity index (χ0) is 12.3. The van der Waals surface area contributed by atoms with Crippen molar-refractivity contribution in [3.05, 3.63) is 53.3 Å². The third kappa shape index (κ3) is 2.77. The van der Waals surface area contributed by atoms with Crippen LogP contribution in [0.2, 0.25) is 0 Å². The normalized spacial score (nSPS) is 10.3. The number of halogens is 1. The van der Waals surface area contributed by atoms with E-state index < -0.39 is 0 Å². The summed E-state index contributed by atoms with van der Waals surface area (Å²) in [5, 5.41) is 0. The predicted octanol–water partition coefficient (Wildman–Crippen LogP) is 4.23. The van der Waals surface area contributed by atoms with Crippen molar-refractivity contribution in [2.24, 2.45) is 0 Å². The number of hydrogen-bond donors (Lipinski definition) is 0. The molecule has 0 aliphatic carbocycles. The van der Waals surface area contributed by atoms with Gasteiger partial charge in [0.05, 0.1) is 5.69 Å². The molecule has 17 heavy (non-hydrogen) atoms. The van der Waals surface area contributed by atoms with Crippen molar-refractivity contribution in [2.75, 3.05) is 0 Å². The summed E-state index contributed by atoms with van der Waals surface area (Å²) < 4.78 is 5.86. The number of alkyl halides is 1. The van der Waals surface area contributed by atoms with E-state index in [1.165, 1.54) is 0 Å². The smallest absolute Gasteiger partial charge is 0.148 e. The zero-order valence-electron chi connectivity index (χ0n) is 9.90. The molecule has 0 spiro atoms. The fourth-order valence-corrected chi connectivity index (χ4v) is 1.70. The van der Waals surface area contributed by atoms with Gasteiger partial charge in [0.1, 0.15) is 11.5 Å². The molecule has 2 aromatic rings. The molecular formula is C14H14ClNO. The van der Waals surface area contributed by atoms with Gasteiger partial charge in [-0.3, -0.25) is 4.98 Å². The molecule has 88 valence electrons. The largest absolute Gasteiger partial charge is 0.455 e. The van der Waals surface area contributed by atoms with E-state index in [4.69, 9.17) is 16.3 Å². The summed E-state index contributed by atoms with van der Waals surface area (Å²) in [7, 11) is 0. The maximum atomic E-state index is 5.86. The number of ether oxygens (including phenoxy) is 1. The summed E-state index contributed by atoms with van der Waals surface area (Å²) in [6.07, 6.45) is 1.75. The Bertz CT molecular complexity index is 525. The lowest BCUT2D eigenvalue weighted by Gasteiger charge is -2.11. The van der Waals surface area contributed by atoms with Crippen LogP contribution in [0.4, 0.5) is 0 Å². The molecule has 2 rings (SSSR count). The molecule has 0 amide bonds. The van der Waals surface area contributed by atoms with E-state index in [-0.39, 0.29) is 0 Å². The van der Waals surface area contributed by atoms with E-state index in [9.17, 15) is 0 Å². The number of nitrogens with zero attached hydrogens (tertiary/aromatic N) is 1. The highest BCUT2D eigenvalue weighted by atomic mass is 35.5. The van der Waals surface area contributed by atoms with E-state index in [0.717, 1.165) is 28.3 Å². The first-order chi connectivity index (χ1) is 8.20. The van der Waals surface area contributed by atoms with Crippen LogP contribution in [-0.4, -0.2) is 4.98 Å². The van der Waals surface area contributed by atoms with Crippen molar-refractivity contribution < 1.29 is 4.74 Å². The number of hydrogen-bond acceptors (Lipinski definition) is 2. The van der Waals surface area contributed by atoms with Crippen LogP contribution in [0, 0.1) is 13.8 Å². The summed E-state index contributed by atoms with van der Waals surface area (Å²) in [6.45, 7) is 3.94. The lowest BCUT2D eigenvalue weighted by atomic mass is 10.1. The molecule has 0 saturated heterocycles. The van der Waals surface area contributed by atoms with Gasteiger partial charge in [-0.25, -0.2) is 0 Å². The second-order valence-corrected chi connectivity index (χ2v) is 4.19. The Kier molecular flexibility index (Phi) is 3.64. The third-order valence-electron chi connectivity index (χ3n) is 2.59.